The van der Waals surface area contributed by atoms with E-state index in [0.717, 1.165) is 29.6 Å². The first-order chi connectivity index (χ1) is 10.8. The van der Waals surface area contributed by atoms with Crippen LogP contribution in [0.2, 0.25) is 0 Å². The van der Waals surface area contributed by atoms with Crippen LogP contribution >= 0.6 is 0 Å². The molecule has 22 heavy (non-hydrogen) atoms. The van der Waals surface area contributed by atoms with Crippen molar-refractivity contribution >= 4 is 0 Å². The molecule has 2 aliphatic rings. The molecule has 0 aliphatic heterocycles. The summed E-state index contributed by atoms with van der Waals surface area (Å²) >= 11 is 0. The van der Waals surface area contributed by atoms with Crippen molar-refractivity contribution < 1.29 is 0 Å². The zero-order chi connectivity index (χ0) is 15.8. The highest BCUT2D eigenvalue weighted by Gasteiger charge is 2.39. The van der Waals surface area contributed by atoms with Crippen molar-refractivity contribution in [3.63, 3.8) is 0 Å². The Morgan fingerprint density at radius 1 is 0.773 bits per heavy atom. The van der Waals surface area contributed by atoms with Crippen LogP contribution in [0.1, 0.15) is 111 Å². The molecule has 0 nitrogen and oxygen atoms in total. The molecule has 0 radical (unpaired) electrons. The molecule has 0 heteroatoms. The molecular formula is C22H42. The molecule has 0 heterocycles. The third-order valence-corrected chi connectivity index (χ3v) is 6.94. The van der Waals surface area contributed by atoms with Crippen LogP contribution in [0.4, 0.5) is 0 Å². The molecule has 5 atom stereocenters. The predicted octanol–water partition coefficient (Wildman–Crippen LogP) is 7.62. The lowest BCUT2D eigenvalue weighted by Gasteiger charge is -2.44. The highest BCUT2D eigenvalue weighted by Crippen LogP contribution is 2.49. The second kappa shape index (κ2) is 9.99. The first-order valence-electron chi connectivity index (χ1n) is 10.8. The molecule has 0 amide bonds. The van der Waals surface area contributed by atoms with Gasteiger partial charge in [-0.2, -0.15) is 0 Å². The summed E-state index contributed by atoms with van der Waals surface area (Å²) in [4.78, 5) is 0. The van der Waals surface area contributed by atoms with Gasteiger partial charge in [0.1, 0.15) is 0 Å². The van der Waals surface area contributed by atoms with Crippen molar-refractivity contribution in [3.8, 4) is 0 Å². The average Bonchev–Trinajstić information content (AvgIpc) is 2.70. The van der Waals surface area contributed by atoms with E-state index in [4.69, 9.17) is 0 Å². The van der Waals surface area contributed by atoms with E-state index in [1.165, 1.54) is 51.4 Å². The van der Waals surface area contributed by atoms with Crippen molar-refractivity contribution in [3.05, 3.63) is 0 Å². The summed E-state index contributed by atoms with van der Waals surface area (Å²) in [5.74, 6) is 5.35. The number of unbranched alkanes of at least 4 members (excludes halogenated alkanes) is 4. The Labute approximate surface area is 140 Å². The second-order valence-corrected chi connectivity index (χ2v) is 8.69. The molecule has 5 unspecified atom stereocenters. The average molecular weight is 307 g/mol. The molecule has 0 aromatic heterocycles. The van der Waals surface area contributed by atoms with Crippen molar-refractivity contribution in [1.29, 1.82) is 0 Å². The van der Waals surface area contributed by atoms with Crippen LogP contribution in [0.5, 0.6) is 0 Å². The van der Waals surface area contributed by atoms with Gasteiger partial charge in [0.2, 0.25) is 0 Å². The molecule has 2 rings (SSSR count). The van der Waals surface area contributed by atoms with Crippen LogP contribution in [-0.2, 0) is 0 Å². The maximum absolute atomic E-state index is 2.53. The standard InChI is InChI=1S/C22H42/c1-4-6-8-12-19-15-16-20-13-10-11-18(3)17-22(20)21(19)14-9-7-5-2/h18-22H,4-17H2,1-3H3. The van der Waals surface area contributed by atoms with Crippen molar-refractivity contribution in [2.75, 3.05) is 0 Å². The summed E-state index contributed by atoms with van der Waals surface area (Å²) in [5.41, 5.74) is 0. The zero-order valence-corrected chi connectivity index (χ0v) is 15.8. The van der Waals surface area contributed by atoms with Gasteiger partial charge in [0.25, 0.3) is 0 Å². The van der Waals surface area contributed by atoms with Crippen LogP contribution < -0.4 is 0 Å². The first kappa shape index (κ1) is 18.3. The Kier molecular flexibility index (Phi) is 8.33. The Morgan fingerprint density at radius 2 is 1.50 bits per heavy atom. The van der Waals surface area contributed by atoms with E-state index in [1.54, 1.807) is 38.5 Å². The van der Waals surface area contributed by atoms with Crippen molar-refractivity contribution in [1.82, 2.24) is 0 Å². The normalized spacial score (nSPS) is 35.9. The highest BCUT2D eigenvalue weighted by molar-refractivity contribution is 4.90. The fraction of sp³-hybridized carbons (Fsp3) is 1.00. The van der Waals surface area contributed by atoms with E-state index < -0.39 is 0 Å². The van der Waals surface area contributed by atoms with E-state index in [-0.39, 0.29) is 0 Å². The Morgan fingerprint density at radius 3 is 2.23 bits per heavy atom. The quantitative estimate of drug-likeness (QED) is 0.405. The minimum absolute atomic E-state index is 0.998. The predicted molar refractivity (Wildman–Crippen MR) is 99.1 cm³/mol. The topological polar surface area (TPSA) is 0 Å². The monoisotopic (exact) mass is 306 g/mol. The summed E-state index contributed by atoms with van der Waals surface area (Å²) < 4.78 is 0. The molecule has 2 fully saturated rings. The molecule has 0 aromatic carbocycles. The van der Waals surface area contributed by atoms with Gasteiger partial charge < -0.3 is 0 Å². The van der Waals surface area contributed by atoms with Crippen molar-refractivity contribution in [2.24, 2.45) is 29.6 Å². The van der Waals surface area contributed by atoms with Crippen LogP contribution in [-0.4, -0.2) is 0 Å². The van der Waals surface area contributed by atoms with Crippen molar-refractivity contribution in [2.45, 2.75) is 111 Å². The Balaban J connectivity index is 1.99. The van der Waals surface area contributed by atoms with Crippen LogP contribution in [0, 0.1) is 29.6 Å². The molecule has 0 N–H and O–H groups in total. The highest BCUT2D eigenvalue weighted by atomic mass is 14.4. The summed E-state index contributed by atoms with van der Waals surface area (Å²) in [6.07, 6.45) is 21.1. The van der Waals surface area contributed by atoms with Gasteiger partial charge in [0.05, 0.1) is 0 Å². The summed E-state index contributed by atoms with van der Waals surface area (Å²) in [6, 6.07) is 0. The number of hydrogen-bond donors (Lipinski definition) is 0. The minimum Gasteiger partial charge on any atom is -0.0654 e. The molecular weight excluding hydrogens is 264 g/mol. The van der Waals surface area contributed by atoms with Gasteiger partial charge in [-0.25, -0.2) is 0 Å². The molecule has 0 saturated heterocycles. The van der Waals surface area contributed by atoms with E-state index in [1.807, 2.05) is 0 Å². The lowest BCUT2D eigenvalue weighted by molar-refractivity contribution is 0.0613. The number of hydrogen-bond acceptors (Lipinski definition) is 0. The maximum atomic E-state index is 2.53. The van der Waals surface area contributed by atoms with E-state index in [0.29, 0.717) is 0 Å². The summed E-state index contributed by atoms with van der Waals surface area (Å²) in [6.45, 7) is 7.24. The fourth-order valence-electron chi connectivity index (χ4n) is 5.69. The third kappa shape index (κ3) is 5.27. The summed E-state index contributed by atoms with van der Waals surface area (Å²) in [5, 5.41) is 0. The van der Waals surface area contributed by atoms with E-state index >= 15 is 0 Å². The smallest absolute Gasteiger partial charge is 0.0352 e. The molecule has 0 bridgehead atoms. The van der Waals surface area contributed by atoms with Gasteiger partial charge in [-0.05, 0) is 55.3 Å². The molecule has 0 spiro atoms. The van der Waals surface area contributed by atoms with E-state index in [9.17, 15) is 0 Å². The van der Waals surface area contributed by atoms with Gasteiger partial charge in [-0.1, -0.05) is 85.0 Å². The number of fused-ring (bicyclic) bond motifs is 1. The van der Waals surface area contributed by atoms with Gasteiger partial charge in [-0.15, -0.1) is 0 Å². The molecule has 130 valence electrons. The van der Waals surface area contributed by atoms with Crippen LogP contribution in [0.3, 0.4) is 0 Å². The fourth-order valence-corrected chi connectivity index (χ4v) is 5.69. The second-order valence-electron chi connectivity index (χ2n) is 8.69. The van der Waals surface area contributed by atoms with Gasteiger partial charge in [-0.3, -0.25) is 0 Å². The van der Waals surface area contributed by atoms with Gasteiger partial charge in [0, 0.05) is 0 Å². The minimum atomic E-state index is 0.998. The summed E-state index contributed by atoms with van der Waals surface area (Å²) in [7, 11) is 0. The molecule has 2 aliphatic carbocycles. The Hall–Kier alpha value is 0. The first-order valence-corrected chi connectivity index (χ1v) is 10.8. The van der Waals surface area contributed by atoms with Crippen LogP contribution in [0.15, 0.2) is 0 Å². The molecule has 0 aromatic rings. The van der Waals surface area contributed by atoms with Crippen LogP contribution in [0.25, 0.3) is 0 Å². The maximum Gasteiger partial charge on any atom is -0.0352 e. The SMILES string of the molecule is CCCCCC1CCC2CCCC(C)CC2C1CCCCC. The van der Waals surface area contributed by atoms with E-state index in [2.05, 4.69) is 20.8 Å². The number of rotatable bonds is 8. The largest absolute Gasteiger partial charge is 0.0654 e. The lowest BCUT2D eigenvalue weighted by Crippen LogP contribution is -2.35. The lowest BCUT2D eigenvalue weighted by atomic mass is 9.61. The molecule has 2 saturated carbocycles. The van der Waals surface area contributed by atoms with Gasteiger partial charge in [0.15, 0.2) is 0 Å². The Bertz CT molecular complexity index is 282. The zero-order valence-electron chi connectivity index (χ0n) is 15.8. The van der Waals surface area contributed by atoms with Gasteiger partial charge >= 0.3 is 0 Å². The third-order valence-electron chi connectivity index (χ3n) is 6.94.